The highest BCUT2D eigenvalue weighted by Gasteiger charge is 2.17. The zero-order chi connectivity index (χ0) is 23.9. The summed E-state index contributed by atoms with van der Waals surface area (Å²) in [5, 5.41) is 7.40. The SMILES string of the molecule is C/C=C(Cl)\C1=N/C(C)Nc2cncc(c2)CCc2cc(ccc2OCCC2CCN(C)CC2)N1. The number of halogens is 1. The second kappa shape index (κ2) is 11.7. The fourth-order valence-corrected chi connectivity index (χ4v) is 4.65. The van der Waals surface area contributed by atoms with Crippen LogP contribution in [0.1, 0.15) is 44.2 Å². The number of nitrogens with zero attached hydrogens (tertiary/aromatic N) is 3. The first kappa shape index (κ1) is 24.6. The Morgan fingerprint density at radius 1 is 1.18 bits per heavy atom. The quantitative estimate of drug-likeness (QED) is 0.573. The van der Waals surface area contributed by atoms with Gasteiger partial charge in [-0.3, -0.25) is 4.98 Å². The molecular formula is C27H36ClN5O. The molecule has 2 aliphatic heterocycles. The van der Waals surface area contributed by atoms with E-state index in [9.17, 15) is 0 Å². The maximum Gasteiger partial charge on any atom is 0.146 e. The Balaban J connectivity index is 1.55. The third kappa shape index (κ3) is 6.73. The second-order valence-electron chi connectivity index (χ2n) is 9.35. The van der Waals surface area contributed by atoms with Gasteiger partial charge >= 0.3 is 0 Å². The molecule has 2 aliphatic rings. The van der Waals surface area contributed by atoms with Crippen molar-refractivity contribution in [3.63, 3.8) is 0 Å². The fraction of sp³-hybridized carbons (Fsp3) is 0.481. The molecule has 7 heteroatoms. The van der Waals surface area contributed by atoms with E-state index < -0.39 is 0 Å². The van der Waals surface area contributed by atoms with E-state index in [4.69, 9.17) is 21.3 Å². The molecule has 3 heterocycles. The minimum Gasteiger partial charge on any atom is -0.493 e. The number of hydrogen-bond acceptors (Lipinski definition) is 6. The van der Waals surface area contributed by atoms with Crippen molar-refractivity contribution in [2.24, 2.45) is 10.9 Å². The number of allylic oxidation sites excluding steroid dienone is 1. The predicted molar refractivity (Wildman–Crippen MR) is 142 cm³/mol. The smallest absolute Gasteiger partial charge is 0.146 e. The Labute approximate surface area is 208 Å². The van der Waals surface area contributed by atoms with Gasteiger partial charge in [0.15, 0.2) is 0 Å². The van der Waals surface area contributed by atoms with Crippen LogP contribution in [0.3, 0.4) is 0 Å². The van der Waals surface area contributed by atoms with Gasteiger partial charge in [-0.1, -0.05) is 17.7 Å². The van der Waals surface area contributed by atoms with Crippen LogP contribution in [0.4, 0.5) is 11.4 Å². The van der Waals surface area contributed by atoms with Crippen molar-refractivity contribution < 1.29 is 4.74 Å². The molecule has 0 saturated carbocycles. The molecule has 2 aromatic rings. The number of amidine groups is 1. The lowest BCUT2D eigenvalue weighted by Gasteiger charge is -2.28. The molecule has 0 amide bonds. The Hall–Kier alpha value is -2.57. The van der Waals surface area contributed by atoms with Gasteiger partial charge < -0.3 is 20.3 Å². The number of aliphatic imine (C=N–C) groups is 1. The van der Waals surface area contributed by atoms with Crippen molar-refractivity contribution in [2.45, 2.75) is 52.1 Å². The minimum atomic E-state index is -0.171. The lowest BCUT2D eigenvalue weighted by Crippen LogP contribution is -2.30. The van der Waals surface area contributed by atoms with E-state index in [1.807, 2.05) is 38.4 Å². The molecule has 0 spiro atoms. The lowest BCUT2D eigenvalue weighted by atomic mass is 9.94. The molecule has 1 unspecified atom stereocenters. The van der Waals surface area contributed by atoms with Crippen LogP contribution in [0.5, 0.6) is 5.75 Å². The molecule has 1 saturated heterocycles. The molecule has 4 bridgehead atoms. The average Bonchev–Trinajstić information content (AvgIpc) is 2.84. The van der Waals surface area contributed by atoms with Crippen molar-refractivity contribution in [3.8, 4) is 5.75 Å². The maximum absolute atomic E-state index is 6.49. The molecule has 1 atom stereocenters. The van der Waals surface area contributed by atoms with Gasteiger partial charge in [0.2, 0.25) is 0 Å². The molecule has 1 aromatic carbocycles. The number of piperidine rings is 1. The number of benzene rings is 1. The van der Waals surface area contributed by atoms with Crippen LogP contribution in [0.15, 0.2) is 52.8 Å². The monoisotopic (exact) mass is 481 g/mol. The summed E-state index contributed by atoms with van der Waals surface area (Å²) in [6.45, 7) is 7.04. The van der Waals surface area contributed by atoms with Crippen LogP contribution in [-0.2, 0) is 12.8 Å². The summed E-state index contributed by atoms with van der Waals surface area (Å²) >= 11 is 6.49. The summed E-state index contributed by atoms with van der Waals surface area (Å²) in [5.74, 6) is 2.35. The first-order valence-electron chi connectivity index (χ1n) is 12.3. The minimum absolute atomic E-state index is 0.171. The highest BCUT2D eigenvalue weighted by molar-refractivity contribution is 6.44. The van der Waals surface area contributed by atoms with Gasteiger partial charge in [-0.05, 0) is 107 Å². The number of pyridine rings is 1. The summed E-state index contributed by atoms with van der Waals surface area (Å²) in [4.78, 5) is 11.6. The van der Waals surface area contributed by atoms with Gasteiger partial charge in [0.05, 0.1) is 23.5 Å². The highest BCUT2D eigenvalue weighted by atomic mass is 35.5. The van der Waals surface area contributed by atoms with E-state index >= 15 is 0 Å². The molecule has 6 nitrogen and oxygen atoms in total. The highest BCUT2D eigenvalue weighted by Crippen LogP contribution is 2.28. The summed E-state index contributed by atoms with van der Waals surface area (Å²) in [5.41, 5.74) is 4.26. The average molecular weight is 482 g/mol. The number of ether oxygens (including phenoxy) is 1. The molecule has 0 radical (unpaired) electrons. The molecule has 0 aliphatic carbocycles. The molecule has 2 N–H and O–H groups in total. The predicted octanol–water partition coefficient (Wildman–Crippen LogP) is 5.70. The number of aryl methyl sites for hydroxylation is 2. The van der Waals surface area contributed by atoms with Gasteiger partial charge in [-0.25, -0.2) is 4.99 Å². The van der Waals surface area contributed by atoms with Crippen LogP contribution in [0, 0.1) is 5.92 Å². The van der Waals surface area contributed by atoms with E-state index in [2.05, 4.69) is 45.8 Å². The van der Waals surface area contributed by atoms with E-state index in [1.165, 1.54) is 37.1 Å². The summed E-state index contributed by atoms with van der Waals surface area (Å²) in [6, 6.07) is 8.42. The van der Waals surface area contributed by atoms with Crippen molar-refractivity contribution in [2.75, 3.05) is 37.4 Å². The lowest BCUT2D eigenvalue weighted by molar-refractivity contribution is 0.187. The Morgan fingerprint density at radius 2 is 2.00 bits per heavy atom. The van der Waals surface area contributed by atoms with Crippen molar-refractivity contribution in [3.05, 3.63) is 58.9 Å². The van der Waals surface area contributed by atoms with Crippen LogP contribution in [-0.4, -0.2) is 48.6 Å². The van der Waals surface area contributed by atoms with E-state index in [0.717, 1.165) is 48.9 Å². The zero-order valence-corrected chi connectivity index (χ0v) is 21.2. The molecule has 1 aromatic heterocycles. The van der Waals surface area contributed by atoms with E-state index in [-0.39, 0.29) is 6.17 Å². The standard InChI is InChI=1S/C27H36ClN5O/c1-4-25(28)27-31-19(2)30-24-15-21(17-29-18-24)5-6-22-16-23(32-27)7-8-26(22)34-14-11-20-9-12-33(3)13-10-20/h4,7-8,15-20,30H,5-6,9-14H2,1-3H3,(H,31,32)/b25-4+. The summed E-state index contributed by atoms with van der Waals surface area (Å²) in [6.07, 6.45) is 10.8. The topological polar surface area (TPSA) is 61.8 Å². The third-order valence-corrected chi connectivity index (χ3v) is 7.00. The molecular weight excluding hydrogens is 446 g/mol. The van der Waals surface area contributed by atoms with Crippen LogP contribution in [0.2, 0.25) is 0 Å². The Kier molecular flexibility index (Phi) is 8.46. The molecule has 4 rings (SSSR count). The van der Waals surface area contributed by atoms with Gasteiger partial charge in [0, 0.05) is 11.9 Å². The van der Waals surface area contributed by atoms with Crippen molar-refractivity contribution in [1.29, 1.82) is 0 Å². The summed E-state index contributed by atoms with van der Waals surface area (Å²) in [7, 11) is 2.21. The summed E-state index contributed by atoms with van der Waals surface area (Å²) < 4.78 is 6.33. The number of hydrogen-bond donors (Lipinski definition) is 2. The fourth-order valence-electron chi connectivity index (χ4n) is 4.56. The first-order chi connectivity index (χ1) is 16.5. The van der Waals surface area contributed by atoms with E-state index in [1.54, 1.807) is 0 Å². The number of fused-ring (bicyclic) bond motifs is 4. The van der Waals surface area contributed by atoms with Crippen LogP contribution >= 0.6 is 11.6 Å². The number of nitrogens with one attached hydrogen (secondary N) is 2. The Bertz CT molecular complexity index is 1030. The van der Waals surface area contributed by atoms with Crippen molar-refractivity contribution in [1.82, 2.24) is 9.88 Å². The normalized spacial score (nSPS) is 21.7. The van der Waals surface area contributed by atoms with Crippen LogP contribution < -0.4 is 15.4 Å². The molecule has 1 fully saturated rings. The Morgan fingerprint density at radius 3 is 2.79 bits per heavy atom. The third-order valence-electron chi connectivity index (χ3n) is 6.60. The van der Waals surface area contributed by atoms with Crippen molar-refractivity contribution >= 4 is 28.8 Å². The van der Waals surface area contributed by atoms with Gasteiger partial charge in [0.1, 0.15) is 17.8 Å². The largest absolute Gasteiger partial charge is 0.493 e. The number of rotatable bonds is 5. The van der Waals surface area contributed by atoms with E-state index in [0.29, 0.717) is 10.9 Å². The zero-order valence-electron chi connectivity index (χ0n) is 20.5. The first-order valence-corrected chi connectivity index (χ1v) is 12.7. The number of likely N-dealkylation sites (tertiary alicyclic amines) is 1. The second-order valence-corrected chi connectivity index (χ2v) is 9.75. The number of anilines is 2. The maximum atomic E-state index is 6.49. The van der Waals surface area contributed by atoms with Gasteiger partial charge in [-0.15, -0.1) is 0 Å². The number of aromatic nitrogens is 1. The van der Waals surface area contributed by atoms with Crippen LogP contribution in [0.25, 0.3) is 0 Å². The van der Waals surface area contributed by atoms with Gasteiger partial charge in [0.25, 0.3) is 0 Å². The van der Waals surface area contributed by atoms with Gasteiger partial charge in [-0.2, -0.15) is 0 Å². The molecule has 182 valence electrons. The molecule has 34 heavy (non-hydrogen) atoms.